The summed E-state index contributed by atoms with van der Waals surface area (Å²) in [5.41, 5.74) is 1.36. The van der Waals surface area contributed by atoms with Gasteiger partial charge in [0.15, 0.2) is 0 Å². The van der Waals surface area contributed by atoms with Gasteiger partial charge in [-0.05, 0) is 41.8 Å². The second-order valence-corrected chi connectivity index (χ2v) is 7.85. The molecule has 2 aromatic rings. The number of benzene rings is 2. The molecule has 0 saturated heterocycles. The van der Waals surface area contributed by atoms with Crippen molar-refractivity contribution in [2.75, 3.05) is 6.54 Å². The summed E-state index contributed by atoms with van der Waals surface area (Å²) in [4.78, 5) is 21.6. The first-order chi connectivity index (χ1) is 12.8. The molecular formula is C19H20N2O6ReS. The molecule has 0 saturated carbocycles. The molecule has 0 bridgehead atoms. The van der Waals surface area contributed by atoms with Crippen molar-refractivity contribution in [3.63, 3.8) is 0 Å². The van der Waals surface area contributed by atoms with E-state index in [4.69, 9.17) is 0 Å². The summed E-state index contributed by atoms with van der Waals surface area (Å²) < 4.78 is 26.6. The Morgan fingerprint density at radius 1 is 1.03 bits per heavy atom. The number of nitro groups is 1. The summed E-state index contributed by atoms with van der Waals surface area (Å²) in [6, 6.07) is 10.8. The van der Waals surface area contributed by atoms with Crippen LogP contribution in [0, 0.1) is 10.1 Å². The predicted octanol–water partition coefficient (Wildman–Crippen LogP) is 3.30. The molecule has 0 fully saturated rings. The van der Waals surface area contributed by atoms with E-state index in [-0.39, 0.29) is 51.4 Å². The van der Waals surface area contributed by atoms with Crippen LogP contribution in [0.2, 0.25) is 0 Å². The van der Waals surface area contributed by atoms with Crippen molar-refractivity contribution < 1.29 is 43.7 Å². The van der Waals surface area contributed by atoms with Crippen LogP contribution >= 0.6 is 0 Å². The van der Waals surface area contributed by atoms with Gasteiger partial charge in [-0.1, -0.05) is 31.7 Å². The summed E-state index contributed by atoms with van der Waals surface area (Å²) in [5, 5.41) is 20.0. The zero-order valence-corrected chi connectivity index (χ0v) is 18.0. The van der Waals surface area contributed by atoms with Gasteiger partial charge in [-0.15, -0.1) is 0 Å². The van der Waals surface area contributed by atoms with Crippen molar-refractivity contribution in [1.82, 2.24) is 4.31 Å². The van der Waals surface area contributed by atoms with Crippen molar-refractivity contribution in [3.05, 3.63) is 70.8 Å². The smallest absolute Gasteiger partial charge is 0.322 e. The summed E-state index contributed by atoms with van der Waals surface area (Å²) in [7, 11) is -3.96. The minimum absolute atomic E-state index is 0. The fourth-order valence-electron chi connectivity index (χ4n) is 2.87. The van der Waals surface area contributed by atoms with Gasteiger partial charge in [0, 0.05) is 39.1 Å². The van der Waals surface area contributed by atoms with Crippen LogP contribution in [-0.2, 0) is 35.2 Å². The van der Waals surface area contributed by atoms with Gasteiger partial charge in [-0.2, -0.15) is 4.31 Å². The van der Waals surface area contributed by atoms with Crippen LogP contribution in [0.1, 0.15) is 13.8 Å². The number of nitro benzene ring substituents is 1. The number of hydrogen-bond donors (Lipinski definition) is 1. The maximum Gasteiger partial charge on any atom is 0.322 e. The normalized spacial score (nSPS) is 16.3. The van der Waals surface area contributed by atoms with Crippen LogP contribution in [-0.4, -0.2) is 41.3 Å². The molecule has 155 valence electrons. The Morgan fingerprint density at radius 3 is 2.03 bits per heavy atom. The molecule has 1 aliphatic heterocycles. The largest absolute Gasteiger partial charge is 0.480 e. The monoisotopic (exact) mass is 591 g/mol. The third kappa shape index (κ3) is 5.16. The van der Waals surface area contributed by atoms with E-state index in [0.717, 1.165) is 4.31 Å². The summed E-state index contributed by atoms with van der Waals surface area (Å²) in [6.07, 6.45) is 3.40. The molecule has 1 radical (unpaired) electrons. The van der Waals surface area contributed by atoms with Gasteiger partial charge < -0.3 is 5.11 Å². The first kappa shape index (κ1) is 24.7. The van der Waals surface area contributed by atoms with E-state index in [1.165, 1.54) is 24.3 Å². The number of sulfonamides is 1. The Kier molecular flexibility index (Phi) is 8.41. The molecular weight excluding hydrogens is 570 g/mol. The van der Waals surface area contributed by atoms with Crippen LogP contribution < -0.4 is 0 Å². The molecule has 0 aromatic heterocycles. The number of carboxylic acid groups (broad SMARTS) is 1. The van der Waals surface area contributed by atoms with Crippen LogP contribution in [0.4, 0.5) is 5.69 Å². The van der Waals surface area contributed by atoms with Crippen LogP contribution in [0.15, 0.2) is 65.6 Å². The Hall–Kier alpha value is -2.38. The zero-order chi connectivity index (χ0) is 19.6. The van der Waals surface area contributed by atoms with Gasteiger partial charge >= 0.3 is 5.97 Å². The molecule has 0 spiro atoms. The number of aliphatic carboxylic acids is 1. The fraction of sp³-hybridized carbons (Fsp3) is 0.211. The van der Waals surface area contributed by atoms with E-state index in [9.17, 15) is 28.4 Å². The average Bonchev–Trinajstić information content (AvgIpc) is 2.68. The van der Waals surface area contributed by atoms with Crippen molar-refractivity contribution >= 4 is 21.7 Å². The molecule has 1 N–H and O–H groups in total. The van der Waals surface area contributed by atoms with Gasteiger partial charge in [-0.25, -0.2) is 8.42 Å². The minimum Gasteiger partial charge on any atom is -0.480 e. The summed E-state index contributed by atoms with van der Waals surface area (Å²) in [5.74, 6) is -1.19. The van der Waals surface area contributed by atoms with E-state index in [0.29, 0.717) is 11.1 Å². The third-order valence-corrected chi connectivity index (χ3v) is 6.21. The SMILES string of the molecule is C.O=C(O)C1CC=CCN1S(=O)(=O)c1ccc(-c2ccc([N+](=O)[O-])cc2)cc1.[Re]. The molecule has 1 unspecified atom stereocenters. The number of hydrogen-bond acceptors (Lipinski definition) is 5. The van der Waals surface area contributed by atoms with Crippen LogP contribution in [0.5, 0.6) is 0 Å². The maximum atomic E-state index is 12.8. The molecule has 0 aliphatic carbocycles. The predicted molar refractivity (Wildman–Crippen MR) is 104 cm³/mol. The number of non-ortho nitro benzene ring substituents is 1. The molecule has 3 rings (SSSR count). The van der Waals surface area contributed by atoms with Crippen molar-refractivity contribution in [2.24, 2.45) is 0 Å². The van der Waals surface area contributed by atoms with Crippen LogP contribution in [0.3, 0.4) is 0 Å². The fourth-order valence-corrected chi connectivity index (χ4v) is 4.41. The van der Waals surface area contributed by atoms with E-state index in [1.807, 2.05) is 0 Å². The Balaban J connectivity index is 0.00000210. The molecule has 1 atom stereocenters. The van der Waals surface area contributed by atoms with Gasteiger partial charge in [-0.3, -0.25) is 14.9 Å². The number of nitrogens with zero attached hydrogens (tertiary/aromatic N) is 2. The topological polar surface area (TPSA) is 118 Å². The first-order valence-electron chi connectivity index (χ1n) is 8.05. The Bertz CT molecular complexity index is 1000. The molecule has 0 amide bonds. The molecule has 29 heavy (non-hydrogen) atoms. The molecule has 8 nitrogen and oxygen atoms in total. The third-order valence-electron chi connectivity index (χ3n) is 4.32. The van der Waals surface area contributed by atoms with Crippen molar-refractivity contribution in [2.45, 2.75) is 24.8 Å². The quantitative estimate of drug-likeness (QED) is 0.325. The second kappa shape index (κ2) is 9.89. The van der Waals surface area contributed by atoms with E-state index in [2.05, 4.69) is 0 Å². The first-order valence-corrected chi connectivity index (χ1v) is 9.49. The molecule has 2 aromatic carbocycles. The Morgan fingerprint density at radius 2 is 1.55 bits per heavy atom. The van der Waals surface area contributed by atoms with Crippen molar-refractivity contribution in [1.29, 1.82) is 0 Å². The molecule has 1 aliphatic rings. The van der Waals surface area contributed by atoms with E-state index < -0.39 is 27.0 Å². The second-order valence-electron chi connectivity index (χ2n) is 5.96. The molecule has 1 heterocycles. The van der Waals surface area contributed by atoms with Gasteiger partial charge in [0.05, 0.1) is 9.82 Å². The minimum atomic E-state index is -3.96. The zero-order valence-electron chi connectivity index (χ0n) is 14.4. The maximum absolute atomic E-state index is 12.8. The number of carbonyl (C=O) groups is 1. The van der Waals surface area contributed by atoms with E-state index in [1.54, 1.807) is 36.4 Å². The van der Waals surface area contributed by atoms with Gasteiger partial charge in [0.25, 0.3) is 5.69 Å². The average molecular weight is 591 g/mol. The summed E-state index contributed by atoms with van der Waals surface area (Å²) in [6.45, 7) is 0.00338. The molecule has 10 heteroatoms. The Labute approximate surface area is 182 Å². The van der Waals surface area contributed by atoms with Crippen LogP contribution in [0.25, 0.3) is 11.1 Å². The van der Waals surface area contributed by atoms with Crippen molar-refractivity contribution in [3.8, 4) is 11.1 Å². The number of carboxylic acids is 1. The summed E-state index contributed by atoms with van der Waals surface area (Å²) >= 11 is 0. The van der Waals surface area contributed by atoms with E-state index >= 15 is 0 Å². The van der Waals surface area contributed by atoms with Gasteiger partial charge in [0.1, 0.15) is 6.04 Å². The number of rotatable bonds is 5. The standard InChI is InChI=1S/C18H16N2O6S.CH4.Re/c21-18(22)17-3-1-2-12-19(17)27(25,26)16-10-6-14(7-11-16)13-4-8-15(9-5-13)20(23)24;;/h1-2,4-11,17H,3,12H2,(H,21,22);1H4;. The van der Waals surface area contributed by atoms with Gasteiger partial charge in [0.2, 0.25) is 10.0 Å².